The van der Waals surface area contributed by atoms with Gasteiger partial charge in [0.2, 0.25) is 5.91 Å². The van der Waals surface area contributed by atoms with Gasteiger partial charge < -0.3 is 10.3 Å². The molecule has 18 heavy (non-hydrogen) atoms. The molecule has 0 bridgehead atoms. The van der Waals surface area contributed by atoms with Crippen molar-refractivity contribution in [3.05, 3.63) is 33.5 Å². The van der Waals surface area contributed by atoms with Crippen LogP contribution in [-0.2, 0) is 11.3 Å². The molecule has 0 spiro atoms. The van der Waals surface area contributed by atoms with Gasteiger partial charge >= 0.3 is 0 Å². The maximum atomic E-state index is 12.1. The Hall–Kier alpha value is -2.02. The van der Waals surface area contributed by atoms with Gasteiger partial charge in [-0.25, -0.2) is 4.98 Å². The highest BCUT2D eigenvalue weighted by molar-refractivity contribution is 7.71. The van der Waals surface area contributed by atoms with Gasteiger partial charge in [0.05, 0.1) is 5.39 Å². The predicted molar refractivity (Wildman–Crippen MR) is 69.9 cm³/mol. The lowest BCUT2D eigenvalue weighted by atomic mass is 10.3. The van der Waals surface area contributed by atoms with Crippen molar-refractivity contribution in [2.75, 3.05) is 6.54 Å². The number of aromatic amines is 1. The van der Waals surface area contributed by atoms with E-state index in [1.807, 2.05) is 0 Å². The molecule has 1 amide bonds. The lowest BCUT2D eigenvalue weighted by Crippen LogP contribution is -2.30. The summed E-state index contributed by atoms with van der Waals surface area (Å²) in [5.74, 6) is -0.139. The minimum Gasteiger partial charge on any atom is -0.355 e. The SMILES string of the molecule is CC(=O)NCCn1c(=S)[nH]c2ncccc2c1=O. The summed E-state index contributed by atoms with van der Waals surface area (Å²) >= 11 is 5.10. The Balaban J connectivity index is 2.42. The minimum absolute atomic E-state index is 0.139. The van der Waals surface area contributed by atoms with Crippen LogP contribution < -0.4 is 10.9 Å². The van der Waals surface area contributed by atoms with Crippen LogP contribution in [-0.4, -0.2) is 27.0 Å². The van der Waals surface area contributed by atoms with Gasteiger partial charge in [-0.2, -0.15) is 0 Å². The Kier molecular flexibility index (Phi) is 3.52. The van der Waals surface area contributed by atoms with Gasteiger partial charge in [-0.05, 0) is 24.4 Å². The number of hydrogen-bond acceptors (Lipinski definition) is 4. The molecule has 0 unspecified atom stereocenters. The number of carbonyl (C=O) groups is 1. The fourth-order valence-corrected chi connectivity index (χ4v) is 1.90. The van der Waals surface area contributed by atoms with Gasteiger partial charge in [0, 0.05) is 26.2 Å². The summed E-state index contributed by atoms with van der Waals surface area (Å²) in [7, 11) is 0. The van der Waals surface area contributed by atoms with Crippen molar-refractivity contribution in [1.29, 1.82) is 0 Å². The van der Waals surface area contributed by atoms with Crippen molar-refractivity contribution < 1.29 is 4.79 Å². The summed E-state index contributed by atoms with van der Waals surface area (Å²) in [5, 5.41) is 3.10. The van der Waals surface area contributed by atoms with Crippen LogP contribution >= 0.6 is 12.2 Å². The van der Waals surface area contributed by atoms with Crippen molar-refractivity contribution >= 4 is 29.2 Å². The summed E-state index contributed by atoms with van der Waals surface area (Å²) < 4.78 is 1.71. The number of nitrogens with one attached hydrogen (secondary N) is 2. The van der Waals surface area contributed by atoms with E-state index in [1.165, 1.54) is 11.5 Å². The second-order valence-electron chi connectivity index (χ2n) is 3.77. The molecule has 2 rings (SSSR count). The zero-order valence-corrected chi connectivity index (χ0v) is 10.6. The van der Waals surface area contributed by atoms with Crippen LogP contribution in [0.15, 0.2) is 23.1 Å². The van der Waals surface area contributed by atoms with Crippen LogP contribution in [0.5, 0.6) is 0 Å². The molecule has 0 radical (unpaired) electrons. The summed E-state index contributed by atoms with van der Waals surface area (Å²) in [5.41, 5.74) is 0.274. The number of aromatic nitrogens is 3. The quantitative estimate of drug-likeness (QED) is 0.795. The normalized spacial score (nSPS) is 10.5. The lowest BCUT2D eigenvalue weighted by molar-refractivity contribution is -0.118. The fourth-order valence-electron chi connectivity index (χ4n) is 1.63. The maximum Gasteiger partial charge on any atom is 0.263 e. The van der Waals surface area contributed by atoms with Gasteiger partial charge in [-0.15, -0.1) is 0 Å². The Morgan fingerprint density at radius 1 is 1.61 bits per heavy atom. The molecule has 0 saturated heterocycles. The molecule has 0 aromatic carbocycles. The van der Waals surface area contributed by atoms with Crippen LogP contribution in [0.4, 0.5) is 0 Å². The number of carbonyl (C=O) groups excluding carboxylic acids is 1. The molecule has 2 aromatic rings. The first-order valence-corrected chi connectivity index (χ1v) is 5.82. The average Bonchev–Trinajstić information content (AvgIpc) is 2.33. The van der Waals surface area contributed by atoms with Gasteiger partial charge in [0.1, 0.15) is 5.65 Å². The van der Waals surface area contributed by atoms with Crippen molar-refractivity contribution in [2.45, 2.75) is 13.5 Å². The Morgan fingerprint density at radius 3 is 3.11 bits per heavy atom. The summed E-state index contributed by atoms with van der Waals surface area (Å²) in [6.07, 6.45) is 1.59. The van der Waals surface area contributed by atoms with E-state index in [4.69, 9.17) is 12.2 Å². The van der Waals surface area contributed by atoms with Gasteiger partial charge in [0.25, 0.3) is 5.56 Å². The first kappa shape index (κ1) is 12.4. The second-order valence-corrected chi connectivity index (χ2v) is 4.16. The van der Waals surface area contributed by atoms with E-state index in [-0.39, 0.29) is 11.5 Å². The molecular formula is C11H12N4O2S. The summed E-state index contributed by atoms with van der Waals surface area (Å²) in [6, 6.07) is 3.38. The van der Waals surface area contributed by atoms with Crippen LogP contribution in [0.25, 0.3) is 11.0 Å². The van der Waals surface area contributed by atoms with Crippen molar-refractivity contribution in [3.8, 4) is 0 Å². The molecule has 0 fully saturated rings. The van der Waals surface area contributed by atoms with E-state index in [0.29, 0.717) is 28.9 Å². The van der Waals surface area contributed by atoms with E-state index in [0.717, 1.165) is 0 Å². The minimum atomic E-state index is -0.202. The van der Waals surface area contributed by atoms with E-state index < -0.39 is 0 Å². The highest BCUT2D eigenvalue weighted by Crippen LogP contribution is 2.01. The smallest absolute Gasteiger partial charge is 0.263 e. The van der Waals surface area contributed by atoms with E-state index >= 15 is 0 Å². The third-order valence-electron chi connectivity index (χ3n) is 2.46. The van der Waals surface area contributed by atoms with E-state index in [9.17, 15) is 9.59 Å². The lowest BCUT2D eigenvalue weighted by Gasteiger charge is -2.07. The number of rotatable bonds is 3. The molecule has 0 saturated carbocycles. The Labute approximate surface area is 108 Å². The van der Waals surface area contributed by atoms with Crippen LogP contribution in [0, 0.1) is 4.77 Å². The topological polar surface area (TPSA) is 79.8 Å². The third-order valence-corrected chi connectivity index (χ3v) is 2.79. The van der Waals surface area contributed by atoms with Crippen LogP contribution in [0.1, 0.15) is 6.92 Å². The number of amides is 1. The Bertz CT molecular complexity index is 704. The van der Waals surface area contributed by atoms with Crippen LogP contribution in [0.3, 0.4) is 0 Å². The van der Waals surface area contributed by atoms with Gasteiger partial charge in [-0.1, -0.05) is 0 Å². The van der Waals surface area contributed by atoms with E-state index in [2.05, 4.69) is 15.3 Å². The molecule has 94 valence electrons. The molecule has 0 atom stereocenters. The van der Waals surface area contributed by atoms with Gasteiger partial charge in [0.15, 0.2) is 4.77 Å². The van der Waals surface area contributed by atoms with E-state index in [1.54, 1.807) is 18.3 Å². The highest BCUT2D eigenvalue weighted by Gasteiger charge is 2.05. The zero-order valence-electron chi connectivity index (χ0n) is 9.77. The third kappa shape index (κ3) is 2.45. The second kappa shape index (κ2) is 5.09. The number of nitrogens with zero attached hydrogens (tertiary/aromatic N) is 2. The zero-order chi connectivity index (χ0) is 13.1. The number of fused-ring (bicyclic) bond motifs is 1. The fraction of sp³-hybridized carbons (Fsp3) is 0.273. The Morgan fingerprint density at radius 2 is 2.39 bits per heavy atom. The summed E-state index contributed by atoms with van der Waals surface area (Å²) in [6.45, 7) is 2.12. The molecule has 6 nitrogen and oxygen atoms in total. The number of hydrogen-bond donors (Lipinski definition) is 2. The molecule has 0 aliphatic heterocycles. The molecule has 2 heterocycles. The standard InChI is InChI=1S/C11H12N4O2S/c1-7(16)12-5-6-15-10(17)8-3-2-4-13-9(8)14-11(15)18/h2-4H,5-6H2,1H3,(H,12,16)(H,13,14,18). The molecule has 2 aromatic heterocycles. The number of pyridine rings is 1. The van der Waals surface area contributed by atoms with Crippen molar-refractivity contribution in [2.24, 2.45) is 0 Å². The average molecular weight is 264 g/mol. The van der Waals surface area contributed by atoms with Gasteiger partial charge in [-0.3, -0.25) is 14.2 Å². The highest BCUT2D eigenvalue weighted by atomic mass is 32.1. The van der Waals surface area contributed by atoms with Crippen molar-refractivity contribution in [3.63, 3.8) is 0 Å². The first-order chi connectivity index (χ1) is 8.59. The molecule has 7 heteroatoms. The van der Waals surface area contributed by atoms with Crippen LogP contribution in [0.2, 0.25) is 0 Å². The molecule has 2 N–H and O–H groups in total. The predicted octanol–water partition coefficient (Wildman–Crippen LogP) is 0.590. The molecule has 0 aliphatic carbocycles. The first-order valence-electron chi connectivity index (χ1n) is 5.42. The largest absolute Gasteiger partial charge is 0.355 e. The number of H-pyrrole nitrogens is 1. The molecule has 0 aliphatic rings. The maximum absolute atomic E-state index is 12.1. The monoisotopic (exact) mass is 264 g/mol. The molecular weight excluding hydrogens is 252 g/mol. The van der Waals surface area contributed by atoms with Crippen molar-refractivity contribution in [1.82, 2.24) is 19.9 Å². The summed E-state index contributed by atoms with van der Waals surface area (Å²) in [4.78, 5) is 29.9.